The topological polar surface area (TPSA) is 104 Å². The minimum atomic E-state index is -0.528. The van der Waals surface area contributed by atoms with Crippen molar-refractivity contribution in [3.63, 3.8) is 0 Å². The molecule has 0 aliphatic carbocycles. The van der Waals surface area contributed by atoms with Crippen molar-refractivity contribution in [2.24, 2.45) is 5.73 Å². The van der Waals surface area contributed by atoms with Crippen LogP contribution in [0, 0.1) is 11.3 Å². The number of hydrogen-bond acceptors (Lipinski definition) is 7. The number of allylic oxidation sites excluding steroid dienone is 1. The van der Waals surface area contributed by atoms with Crippen molar-refractivity contribution in [1.29, 1.82) is 5.26 Å². The summed E-state index contributed by atoms with van der Waals surface area (Å²) in [6.45, 7) is 2.59. The first kappa shape index (κ1) is 24.4. The van der Waals surface area contributed by atoms with Gasteiger partial charge in [0.1, 0.15) is 23.1 Å². The van der Waals surface area contributed by atoms with Crippen LogP contribution in [-0.2, 0) is 4.79 Å². The number of methoxy groups -OCH3 is 1. The minimum Gasteiger partial charge on any atom is -0.493 e. The summed E-state index contributed by atoms with van der Waals surface area (Å²) in [5, 5.41) is 9.84. The highest BCUT2D eigenvalue weighted by molar-refractivity contribution is 5.88. The zero-order chi connectivity index (χ0) is 25.5. The first-order valence-electron chi connectivity index (χ1n) is 11.5. The van der Waals surface area contributed by atoms with Crippen LogP contribution in [0.25, 0.3) is 6.08 Å². The molecule has 0 amide bonds. The Morgan fingerprint density at radius 1 is 1.11 bits per heavy atom. The van der Waals surface area contributed by atoms with Crippen LogP contribution in [0.1, 0.15) is 36.0 Å². The molecule has 1 aliphatic rings. The fourth-order valence-electron chi connectivity index (χ4n) is 3.92. The molecule has 7 nitrogen and oxygen atoms in total. The van der Waals surface area contributed by atoms with Gasteiger partial charge in [0, 0.05) is 17.7 Å². The number of fused-ring (bicyclic) bond motifs is 1. The van der Waals surface area contributed by atoms with Gasteiger partial charge in [-0.1, -0.05) is 49.4 Å². The Hall–Kier alpha value is -4.70. The van der Waals surface area contributed by atoms with E-state index in [2.05, 4.69) is 6.07 Å². The average molecular weight is 483 g/mol. The fourth-order valence-corrected chi connectivity index (χ4v) is 3.92. The van der Waals surface area contributed by atoms with Crippen molar-refractivity contribution in [3.8, 4) is 29.1 Å². The van der Waals surface area contributed by atoms with Gasteiger partial charge in [0.05, 0.1) is 19.6 Å². The summed E-state index contributed by atoms with van der Waals surface area (Å²) in [6.07, 6.45) is 3.90. The van der Waals surface area contributed by atoms with Gasteiger partial charge in [-0.25, -0.2) is 4.79 Å². The Morgan fingerprint density at radius 2 is 1.92 bits per heavy atom. The van der Waals surface area contributed by atoms with Gasteiger partial charge in [0.25, 0.3) is 0 Å². The highest BCUT2D eigenvalue weighted by atomic mass is 16.5. The summed E-state index contributed by atoms with van der Waals surface area (Å²) in [5.41, 5.74) is 8.79. The Morgan fingerprint density at radius 3 is 2.64 bits per heavy atom. The van der Waals surface area contributed by atoms with E-state index >= 15 is 0 Å². The van der Waals surface area contributed by atoms with Crippen LogP contribution in [-0.4, -0.2) is 19.7 Å². The smallest absolute Gasteiger partial charge is 0.336 e. The van der Waals surface area contributed by atoms with Crippen molar-refractivity contribution in [2.75, 3.05) is 13.7 Å². The van der Waals surface area contributed by atoms with Crippen molar-refractivity contribution < 1.29 is 23.7 Å². The molecule has 0 aromatic heterocycles. The Bertz CT molecular complexity index is 1360. The largest absolute Gasteiger partial charge is 0.493 e. The van der Waals surface area contributed by atoms with Crippen LogP contribution >= 0.6 is 0 Å². The number of nitriles is 1. The molecule has 0 saturated heterocycles. The Labute approximate surface area is 210 Å². The van der Waals surface area contributed by atoms with Crippen molar-refractivity contribution in [1.82, 2.24) is 0 Å². The summed E-state index contributed by atoms with van der Waals surface area (Å²) < 4.78 is 22.5. The number of esters is 1. The average Bonchev–Trinajstić information content (AvgIpc) is 2.90. The fraction of sp³-hybridized carbons (Fsp3) is 0.172. The summed E-state index contributed by atoms with van der Waals surface area (Å²) >= 11 is 0. The van der Waals surface area contributed by atoms with E-state index in [0.717, 1.165) is 17.5 Å². The van der Waals surface area contributed by atoms with E-state index < -0.39 is 11.9 Å². The SMILES string of the molecule is CCCOc1ccc(C2C(C#N)=C(N)Oc3cc(OC(=O)C=Cc4ccccc4)ccc32)cc1OC. The van der Waals surface area contributed by atoms with E-state index in [0.29, 0.717) is 35.2 Å². The maximum atomic E-state index is 12.3. The molecule has 3 aromatic rings. The molecule has 0 bridgehead atoms. The molecule has 182 valence electrons. The number of nitrogens with zero attached hydrogens (tertiary/aromatic N) is 1. The van der Waals surface area contributed by atoms with Crippen molar-refractivity contribution in [3.05, 3.63) is 101 Å². The standard InChI is InChI=1S/C29H26N2O5/c1-3-15-34-24-13-10-20(16-26(24)33-2)28-22-12-11-21(17-25(22)36-29(31)23(28)18-30)35-27(32)14-9-19-7-5-4-6-8-19/h4-14,16-17,28H,3,15,31H2,1-2H3. The number of ether oxygens (including phenoxy) is 4. The second-order valence-electron chi connectivity index (χ2n) is 8.05. The lowest BCUT2D eigenvalue weighted by Crippen LogP contribution is -2.21. The molecule has 36 heavy (non-hydrogen) atoms. The highest BCUT2D eigenvalue weighted by Gasteiger charge is 2.31. The number of benzene rings is 3. The number of rotatable bonds is 8. The molecule has 3 aromatic carbocycles. The van der Waals surface area contributed by atoms with Gasteiger partial charge in [-0.2, -0.15) is 5.26 Å². The minimum absolute atomic E-state index is 0.00673. The predicted octanol–water partition coefficient (Wildman–Crippen LogP) is 5.32. The molecule has 0 spiro atoms. The summed E-state index contributed by atoms with van der Waals surface area (Å²) in [5.74, 6) is 0.851. The molecule has 7 heteroatoms. The maximum Gasteiger partial charge on any atom is 0.336 e. The van der Waals surface area contributed by atoms with E-state index in [1.54, 1.807) is 31.4 Å². The lowest BCUT2D eigenvalue weighted by atomic mass is 9.83. The highest BCUT2D eigenvalue weighted by Crippen LogP contribution is 2.45. The lowest BCUT2D eigenvalue weighted by molar-refractivity contribution is -0.128. The second-order valence-corrected chi connectivity index (χ2v) is 8.05. The molecule has 2 N–H and O–H groups in total. The molecule has 1 aliphatic heterocycles. The first-order chi connectivity index (χ1) is 17.5. The quantitative estimate of drug-likeness (QED) is 0.263. The molecule has 1 atom stereocenters. The third-order valence-electron chi connectivity index (χ3n) is 5.60. The van der Waals surface area contributed by atoms with Crippen LogP contribution in [0.5, 0.6) is 23.0 Å². The maximum absolute atomic E-state index is 12.3. The molecular formula is C29H26N2O5. The van der Waals surface area contributed by atoms with E-state index in [4.69, 9.17) is 24.7 Å². The van der Waals surface area contributed by atoms with E-state index in [1.165, 1.54) is 6.08 Å². The zero-order valence-corrected chi connectivity index (χ0v) is 20.1. The normalized spacial score (nSPS) is 14.5. The summed E-state index contributed by atoms with van der Waals surface area (Å²) in [6, 6.07) is 22.2. The van der Waals surface area contributed by atoms with Gasteiger partial charge in [0.2, 0.25) is 5.88 Å². The number of carbonyl (C=O) groups excluding carboxylic acids is 1. The third kappa shape index (κ3) is 5.34. The van der Waals surface area contributed by atoms with Crippen LogP contribution in [0.3, 0.4) is 0 Å². The van der Waals surface area contributed by atoms with Crippen LogP contribution in [0.4, 0.5) is 0 Å². The predicted molar refractivity (Wildman–Crippen MR) is 136 cm³/mol. The van der Waals surface area contributed by atoms with Gasteiger partial charge < -0.3 is 24.7 Å². The molecule has 0 radical (unpaired) electrons. The van der Waals surface area contributed by atoms with Crippen LogP contribution in [0.15, 0.2) is 84.3 Å². The van der Waals surface area contributed by atoms with Crippen molar-refractivity contribution >= 4 is 12.0 Å². The number of nitrogens with two attached hydrogens (primary N) is 1. The van der Waals surface area contributed by atoms with E-state index in [1.807, 2.05) is 55.5 Å². The summed E-state index contributed by atoms with van der Waals surface area (Å²) in [4.78, 5) is 12.3. The molecule has 4 rings (SSSR count). The van der Waals surface area contributed by atoms with E-state index in [9.17, 15) is 10.1 Å². The molecule has 0 fully saturated rings. The third-order valence-corrected chi connectivity index (χ3v) is 5.60. The molecule has 1 heterocycles. The van der Waals surface area contributed by atoms with Gasteiger partial charge in [-0.15, -0.1) is 0 Å². The number of hydrogen-bond donors (Lipinski definition) is 1. The zero-order valence-electron chi connectivity index (χ0n) is 20.1. The number of carbonyl (C=O) groups is 1. The van der Waals surface area contributed by atoms with Gasteiger partial charge in [-0.3, -0.25) is 0 Å². The molecular weight excluding hydrogens is 456 g/mol. The van der Waals surface area contributed by atoms with Crippen LogP contribution < -0.4 is 24.7 Å². The van der Waals surface area contributed by atoms with Gasteiger partial charge in [-0.05, 0) is 41.8 Å². The van der Waals surface area contributed by atoms with Gasteiger partial charge >= 0.3 is 5.97 Å². The second kappa shape index (κ2) is 11.2. The monoisotopic (exact) mass is 482 g/mol. The first-order valence-corrected chi connectivity index (χ1v) is 11.5. The summed E-state index contributed by atoms with van der Waals surface area (Å²) in [7, 11) is 1.57. The molecule has 1 unspecified atom stereocenters. The van der Waals surface area contributed by atoms with Crippen molar-refractivity contribution in [2.45, 2.75) is 19.3 Å². The Balaban J connectivity index is 1.62. The molecule has 0 saturated carbocycles. The lowest BCUT2D eigenvalue weighted by Gasteiger charge is -2.27. The van der Waals surface area contributed by atoms with E-state index in [-0.39, 0.29) is 11.5 Å². The van der Waals surface area contributed by atoms with Gasteiger partial charge in [0.15, 0.2) is 11.5 Å². The van der Waals surface area contributed by atoms with Crippen LogP contribution in [0.2, 0.25) is 0 Å². The Kier molecular flexibility index (Phi) is 7.57.